The molecule has 0 unspecified atom stereocenters. The van der Waals surface area contributed by atoms with E-state index in [0.29, 0.717) is 26.5 Å². The van der Waals surface area contributed by atoms with Crippen LogP contribution in [-0.4, -0.2) is 19.7 Å². The number of benzene rings is 1. The molecule has 3 aromatic heterocycles. The van der Waals surface area contributed by atoms with E-state index in [1.807, 2.05) is 31.2 Å². The van der Waals surface area contributed by atoms with Crippen LogP contribution in [-0.2, 0) is 0 Å². The highest BCUT2D eigenvalue weighted by molar-refractivity contribution is 7.11. The first-order valence-corrected chi connectivity index (χ1v) is 8.33. The number of aromatic nitrogens is 4. The first-order valence-electron chi connectivity index (χ1n) is 6.80. The van der Waals surface area contributed by atoms with E-state index in [2.05, 4.69) is 19.7 Å². The molecule has 0 amide bonds. The van der Waals surface area contributed by atoms with Crippen LogP contribution in [0.3, 0.4) is 0 Å². The Labute approximate surface area is 150 Å². The Balaban J connectivity index is 1.66. The summed E-state index contributed by atoms with van der Waals surface area (Å²) in [4.78, 5) is 4.25. The van der Waals surface area contributed by atoms with E-state index in [0.717, 1.165) is 17.1 Å². The Bertz CT molecular complexity index is 1010. The van der Waals surface area contributed by atoms with Gasteiger partial charge in [-0.05, 0) is 18.5 Å². The highest BCUT2D eigenvalue weighted by Crippen LogP contribution is 2.35. The Morgan fingerprint density at radius 2 is 1.83 bits per heavy atom. The zero-order valence-corrected chi connectivity index (χ0v) is 14.5. The molecule has 4 aromatic rings. The lowest BCUT2D eigenvalue weighted by atomic mass is 10.1. The summed E-state index contributed by atoms with van der Waals surface area (Å²) in [6, 6.07) is 9.63. The van der Waals surface area contributed by atoms with Gasteiger partial charge in [-0.3, -0.25) is 0 Å². The number of nitrogens with zero attached hydrogens (tertiary/aromatic N) is 4. The van der Waals surface area contributed by atoms with Gasteiger partial charge in [-0.25, -0.2) is 0 Å². The van der Waals surface area contributed by atoms with Crippen molar-refractivity contribution in [3.63, 3.8) is 0 Å². The summed E-state index contributed by atoms with van der Waals surface area (Å²) in [7, 11) is 0. The normalized spacial score (nSPS) is 11.1. The van der Waals surface area contributed by atoms with Crippen LogP contribution in [0.15, 0.2) is 39.4 Å². The Kier molecular flexibility index (Phi) is 3.84. The lowest BCUT2D eigenvalue weighted by molar-refractivity contribution is 0.411. The third-order valence-electron chi connectivity index (χ3n) is 3.30. The summed E-state index contributed by atoms with van der Waals surface area (Å²) in [5.74, 6) is 1.07. The Morgan fingerprint density at radius 3 is 2.54 bits per heavy atom. The van der Waals surface area contributed by atoms with Gasteiger partial charge < -0.3 is 9.05 Å². The van der Waals surface area contributed by atoms with Crippen molar-refractivity contribution in [2.45, 2.75) is 6.92 Å². The van der Waals surface area contributed by atoms with E-state index < -0.39 is 0 Å². The predicted molar refractivity (Wildman–Crippen MR) is 91.1 cm³/mol. The molecule has 0 saturated heterocycles. The van der Waals surface area contributed by atoms with Crippen molar-refractivity contribution >= 4 is 34.7 Å². The van der Waals surface area contributed by atoms with E-state index in [1.54, 1.807) is 6.07 Å². The largest absolute Gasteiger partial charge is 0.355 e. The number of aryl methyl sites for hydroxylation is 1. The summed E-state index contributed by atoms with van der Waals surface area (Å²) in [5, 5.41) is 8.14. The van der Waals surface area contributed by atoms with Gasteiger partial charge in [0.15, 0.2) is 11.5 Å². The van der Waals surface area contributed by atoms with Gasteiger partial charge >= 0.3 is 0 Å². The van der Waals surface area contributed by atoms with Crippen molar-refractivity contribution in [3.8, 4) is 34.4 Å². The number of hydrogen-bond donors (Lipinski definition) is 0. The summed E-state index contributed by atoms with van der Waals surface area (Å²) < 4.78 is 15.0. The molecule has 0 bridgehead atoms. The molecule has 0 aliphatic carbocycles. The van der Waals surface area contributed by atoms with Crippen LogP contribution in [0.1, 0.15) is 5.56 Å². The summed E-state index contributed by atoms with van der Waals surface area (Å²) in [5.41, 5.74) is 2.89. The number of rotatable bonds is 3. The molecule has 120 valence electrons. The zero-order valence-electron chi connectivity index (χ0n) is 12.2. The molecule has 0 saturated carbocycles. The van der Waals surface area contributed by atoms with Crippen LogP contribution in [0, 0.1) is 6.92 Å². The lowest BCUT2D eigenvalue weighted by Gasteiger charge is -1.95. The standard InChI is InChI=1S/C15H8Cl2N4O2S/c1-7-2-4-8(5-3-7)10-6-9(19-22-10)15-18-14(20-23-15)12-11(16)13(17)24-21-12/h2-6H,1H3. The van der Waals surface area contributed by atoms with Gasteiger partial charge in [0.05, 0.1) is 0 Å². The van der Waals surface area contributed by atoms with E-state index in [4.69, 9.17) is 32.2 Å². The van der Waals surface area contributed by atoms with Gasteiger partial charge in [0.1, 0.15) is 15.1 Å². The van der Waals surface area contributed by atoms with E-state index in [-0.39, 0.29) is 11.7 Å². The van der Waals surface area contributed by atoms with Gasteiger partial charge in [0.25, 0.3) is 5.89 Å². The van der Waals surface area contributed by atoms with E-state index >= 15 is 0 Å². The third-order valence-corrected chi connectivity index (χ3v) is 4.91. The summed E-state index contributed by atoms with van der Waals surface area (Å²) >= 11 is 13.0. The fraction of sp³-hybridized carbons (Fsp3) is 0.0667. The summed E-state index contributed by atoms with van der Waals surface area (Å²) in [6.45, 7) is 2.02. The topological polar surface area (TPSA) is 77.8 Å². The van der Waals surface area contributed by atoms with Crippen molar-refractivity contribution in [2.75, 3.05) is 0 Å². The monoisotopic (exact) mass is 378 g/mol. The molecular formula is C15H8Cl2N4O2S. The van der Waals surface area contributed by atoms with Crippen molar-refractivity contribution in [3.05, 3.63) is 45.3 Å². The SMILES string of the molecule is Cc1ccc(-c2cc(-c3nc(-c4nsc(Cl)c4Cl)no3)no2)cc1. The van der Waals surface area contributed by atoms with Crippen LogP contribution in [0.25, 0.3) is 34.4 Å². The Morgan fingerprint density at radius 1 is 1.04 bits per heavy atom. The maximum Gasteiger partial charge on any atom is 0.280 e. The minimum Gasteiger partial charge on any atom is -0.355 e. The molecule has 0 aliphatic rings. The second-order valence-corrected chi connectivity index (χ2v) is 6.74. The number of hydrogen-bond acceptors (Lipinski definition) is 7. The Hall–Kier alpha value is -2.22. The second kappa shape index (κ2) is 6.01. The highest BCUT2D eigenvalue weighted by Gasteiger charge is 2.20. The fourth-order valence-corrected chi connectivity index (χ4v) is 3.05. The quantitative estimate of drug-likeness (QED) is 0.491. The molecule has 24 heavy (non-hydrogen) atoms. The van der Waals surface area contributed by atoms with Gasteiger partial charge in [0, 0.05) is 11.6 Å². The first-order chi connectivity index (χ1) is 11.6. The molecule has 4 rings (SSSR count). The number of halogens is 2. The van der Waals surface area contributed by atoms with Gasteiger partial charge in [-0.2, -0.15) is 9.36 Å². The minimum atomic E-state index is 0.215. The van der Waals surface area contributed by atoms with Crippen LogP contribution in [0.4, 0.5) is 0 Å². The maximum absolute atomic E-state index is 6.06. The molecule has 0 atom stereocenters. The smallest absolute Gasteiger partial charge is 0.280 e. The highest BCUT2D eigenvalue weighted by atomic mass is 35.5. The first kappa shape index (κ1) is 15.3. The van der Waals surface area contributed by atoms with E-state index in [9.17, 15) is 0 Å². The fourth-order valence-electron chi connectivity index (χ4n) is 2.05. The predicted octanol–water partition coefficient (Wildman–Crippen LogP) is 5.13. The minimum absolute atomic E-state index is 0.215. The molecule has 0 fully saturated rings. The van der Waals surface area contributed by atoms with Crippen molar-refractivity contribution < 1.29 is 9.05 Å². The molecule has 9 heteroatoms. The molecule has 0 aliphatic heterocycles. The van der Waals surface area contributed by atoms with Crippen LogP contribution in [0.5, 0.6) is 0 Å². The van der Waals surface area contributed by atoms with Crippen LogP contribution in [0.2, 0.25) is 9.36 Å². The van der Waals surface area contributed by atoms with Crippen molar-refractivity contribution in [2.24, 2.45) is 0 Å². The molecule has 0 radical (unpaired) electrons. The maximum atomic E-state index is 6.06. The molecule has 0 spiro atoms. The molecule has 3 heterocycles. The molecular weight excluding hydrogens is 371 g/mol. The van der Waals surface area contributed by atoms with Gasteiger partial charge in [-0.1, -0.05) is 63.3 Å². The third kappa shape index (κ3) is 2.71. The molecule has 6 nitrogen and oxygen atoms in total. The van der Waals surface area contributed by atoms with Crippen molar-refractivity contribution in [1.82, 2.24) is 19.7 Å². The van der Waals surface area contributed by atoms with Crippen LogP contribution >= 0.6 is 34.7 Å². The average molecular weight is 379 g/mol. The lowest BCUT2D eigenvalue weighted by Crippen LogP contribution is -1.81. The van der Waals surface area contributed by atoms with Gasteiger partial charge in [0.2, 0.25) is 5.82 Å². The molecule has 1 aromatic carbocycles. The van der Waals surface area contributed by atoms with Gasteiger partial charge in [-0.15, -0.1) is 0 Å². The summed E-state index contributed by atoms with van der Waals surface area (Å²) in [6.07, 6.45) is 0. The van der Waals surface area contributed by atoms with E-state index in [1.165, 1.54) is 5.56 Å². The van der Waals surface area contributed by atoms with Crippen molar-refractivity contribution in [1.29, 1.82) is 0 Å². The zero-order chi connectivity index (χ0) is 16.7. The average Bonchev–Trinajstić information content (AvgIpc) is 3.29. The second-order valence-electron chi connectivity index (χ2n) is 4.98. The molecule has 0 N–H and O–H groups in total. The van der Waals surface area contributed by atoms with Crippen LogP contribution < -0.4 is 0 Å².